The quantitative estimate of drug-likeness (QED) is 0.169. The number of rotatable bonds is 2. The van der Waals surface area contributed by atoms with E-state index < -0.39 is 0 Å². The van der Waals surface area contributed by atoms with Crippen molar-refractivity contribution in [1.29, 1.82) is 0 Å². The van der Waals surface area contributed by atoms with Crippen molar-refractivity contribution in [3.05, 3.63) is 164 Å². The minimum Gasteiger partial charge on any atom is -0.309 e. The summed E-state index contributed by atoms with van der Waals surface area (Å²) in [5.41, 5.74) is 7.18. The molecule has 3 nitrogen and oxygen atoms in total. The van der Waals surface area contributed by atoms with Gasteiger partial charge in [0.15, 0.2) is 0 Å². The molecule has 4 aromatic heterocycles. The largest absolute Gasteiger partial charge is 0.309 e. The van der Waals surface area contributed by atoms with Crippen molar-refractivity contribution in [1.82, 2.24) is 14.1 Å². The molecule has 0 atom stereocenters. The number of pyridine rings is 1. The van der Waals surface area contributed by atoms with Gasteiger partial charge in [0, 0.05) is 49.9 Å². The maximum absolute atomic E-state index is 4.94. The van der Waals surface area contributed by atoms with E-state index in [-0.39, 0.29) is 0 Å². The lowest BCUT2D eigenvalue weighted by Gasteiger charge is -2.14. The third-order valence-electron chi connectivity index (χ3n) is 10.9. The van der Waals surface area contributed by atoms with Crippen LogP contribution in [0.25, 0.3) is 108 Å². The minimum atomic E-state index is 1.06. The smallest absolute Gasteiger partial charge is 0.124 e. The van der Waals surface area contributed by atoms with E-state index in [0.29, 0.717) is 0 Å². The molecule has 12 rings (SSSR count). The molecule has 0 amide bonds. The third-order valence-corrected chi connectivity index (χ3v) is 12.0. The summed E-state index contributed by atoms with van der Waals surface area (Å²) in [4.78, 5) is 6.00. The lowest BCUT2D eigenvalue weighted by molar-refractivity contribution is 1.18. The predicted molar refractivity (Wildman–Crippen MR) is 218 cm³/mol. The van der Waals surface area contributed by atoms with Crippen LogP contribution in [0.3, 0.4) is 0 Å². The van der Waals surface area contributed by atoms with Crippen LogP contribution in [-0.4, -0.2) is 14.1 Å². The van der Waals surface area contributed by atoms with E-state index in [2.05, 4.69) is 167 Å². The molecule has 12 aromatic rings. The summed E-state index contributed by atoms with van der Waals surface area (Å²) < 4.78 is 6.28. The number of benzene rings is 8. The van der Waals surface area contributed by atoms with E-state index in [9.17, 15) is 0 Å². The Bertz CT molecular complexity index is 3380. The van der Waals surface area contributed by atoms with Gasteiger partial charge in [0.1, 0.15) is 4.83 Å². The second-order valence-electron chi connectivity index (χ2n) is 13.5. The molecule has 236 valence electrons. The van der Waals surface area contributed by atoms with Gasteiger partial charge in [-0.05, 0) is 80.8 Å². The Hall–Kier alpha value is -6.49. The Morgan fingerprint density at radius 2 is 0.902 bits per heavy atom. The first-order valence-electron chi connectivity index (χ1n) is 17.4. The van der Waals surface area contributed by atoms with Crippen molar-refractivity contribution in [3.8, 4) is 11.4 Å². The summed E-state index contributed by atoms with van der Waals surface area (Å²) in [5, 5.41) is 15.2. The molecule has 0 aliphatic carbocycles. The summed E-state index contributed by atoms with van der Waals surface area (Å²) in [6, 6.07) is 57.8. The molecule has 0 bridgehead atoms. The van der Waals surface area contributed by atoms with E-state index in [0.717, 1.165) is 16.2 Å². The van der Waals surface area contributed by atoms with Gasteiger partial charge in [0.05, 0.1) is 26.8 Å². The van der Waals surface area contributed by atoms with Crippen LogP contribution >= 0.6 is 11.3 Å². The number of hydrogen-bond acceptors (Lipinski definition) is 2. The summed E-state index contributed by atoms with van der Waals surface area (Å²) in [5.74, 6) is 0. The number of aromatic nitrogens is 3. The van der Waals surface area contributed by atoms with Gasteiger partial charge >= 0.3 is 0 Å². The lowest BCUT2D eigenvalue weighted by atomic mass is 9.94. The fourth-order valence-corrected chi connectivity index (χ4v) is 10.1. The van der Waals surface area contributed by atoms with E-state index in [1.165, 1.54) is 91.4 Å². The summed E-state index contributed by atoms with van der Waals surface area (Å²) in [7, 11) is 0. The van der Waals surface area contributed by atoms with Crippen molar-refractivity contribution in [3.63, 3.8) is 0 Å². The Balaban J connectivity index is 1.35. The van der Waals surface area contributed by atoms with Gasteiger partial charge in [-0.15, -0.1) is 11.3 Å². The molecule has 4 heteroatoms. The molecular formula is C47H27N3S. The standard InChI is InChI=1S/C47H27N3S/c1-2-13-28(14-3-1)49-39-22-10-8-19-35(39)41-42-37-21-12-26-48-47(37)51-46(42)45-43(44(41)49)36-20-9-11-23-40(36)50(45)29-24-25-34-32-17-5-4-15-30(32)31-16-6-7-18-33(31)38(34)27-29/h1-27H. The van der Waals surface area contributed by atoms with Gasteiger partial charge < -0.3 is 9.13 Å². The van der Waals surface area contributed by atoms with Crippen LogP contribution < -0.4 is 0 Å². The van der Waals surface area contributed by atoms with Crippen LogP contribution in [0.15, 0.2) is 164 Å². The van der Waals surface area contributed by atoms with Crippen molar-refractivity contribution in [2.24, 2.45) is 0 Å². The normalized spacial score (nSPS) is 12.3. The zero-order valence-corrected chi connectivity index (χ0v) is 28.2. The van der Waals surface area contributed by atoms with E-state index in [1.807, 2.05) is 17.5 Å². The average molecular weight is 666 g/mol. The summed E-state index contributed by atoms with van der Waals surface area (Å²) in [6.07, 6.45) is 1.92. The highest BCUT2D eigenvalue weighted by Gasteiger charge is 2.27. The number of thiophene rings is 1. The zero-order chi connectivity index (χ0) is 33.2. The molecule has 51 heavy (non-hydrogen) atoms. The van der Waals surface area contributed by atoms with Crippen LogP contribution in [0.2, 0.25) is 0 Å². The third kappa shape index (κ3) is 3.54. The van der Waals surface area contributed by atoms with Gasteiger partial charge in [-0.25, -0.2) is 4.98 Å². The van der Waals surface area contributed by atoms with Crippen molar-refractivity contribution in [2.45, 2.75) is 0 Å². The highest BCUT2D eigenvalue weighted by atomic mass is 32.1. The number of para-hydroxylation sites is 3. The van der Waals surface area contributed by atoms with Gasteiger partial charge in [-0.3, -0.25) is 0 Å². The molecule has 8 aromatic carbocycles. The topological polar surface area (TPSA) is 22.8 Å². The number of nitrogens with zero attached hydrogens (tertiary/aromatic N) is 3. The van der Waals surface area contributed by atoms with Crippen molar-refractivity contribution in [2.75, 3.05) is 0 Å². The zero-order valence-electron chi connectivity index (χ0n) is 27.3. The molecular weight excluding hydrogens is 639 g/mol. The molecule has 0 aliphatic rings. The molecule has 0 spiro atoms. The van der Waals surface area contributed by atoms with Crippen LogP contribution in [0.4, 0.5) is 0 Å². The van der Waals surface area contributed by atoms with Crippen molar-refractivity contribution < 1.29 is 0 Å². The second-order valence-corrected chi connectivity index (χ2v) is 14.5. The van der Waals surface area contributed by atoms with Crippen molar-refractivity contribution >= 4 is 108 Å². The molecule has 0 saturated heterocycles. The van der Waals surface area contributed by atoms with E-state index in [4.69, 9.17) is 4.98 Å². The van der Waals surface area contributed by atoms with Gasteiger partial charge in [0.25, 0.3) is 0 Å². The lowest BCUT2D eigenvalue weighted by Crippen LogP contribution is -1.96. The minimum absolute atomic E-state index is 1.06. The average Bonchev–Trinajstić information content (AvgIpc) is 3.86. The van der Waals surface area contributed by atoms with E-state index >= 15 is 0 Å². The fourth-order valence-electron chi connectivity index (χ4n) is 8.92. The molecule has 0 saturated carbocycles. The summed E-state index contributed by atoms with van der Waals surface area (Å²) >= 11 is 1.81. The Kier molecular flexibility index (Phi) is 5.38. The molecule has 0 aliphatic heterocycles. The molecule has 0 radical (unpaired) electrons. The first-order valence-corrected chi connectivity index (χ1v) is 18.2. The molecule has 0 fully saturated rings. The van der Waals surface area contributed by atoms with Gasteiger partial charge in [0.2, 0.25) is 0 Å². The van der Waals surface area contributed by atoms with Crippen LogP contribution in [0, 0.1) is 0 Å². The Morgan fingerprint density at radius 3 is 1.59 bits per heavy atom. The molecule has 4 heterocycles. The first-order chi connectivity index (χ1) is 25.3. The second kappa shape index (κ2) is 10.0. The van der Waals surface area contributed by atoms with Gasteiger partial charge in [-0.2, -0.15) is 0 Å². The first kappa shape index (κ1) is 27.3. The maximum Gasteiger partial charge on any atom is 0.124 e. The van der Waals surface area contributed by atoms with E-state index in [1.54, 1.807) is 0 Å². The predicted octanol–water partition coefficient (Wildman–Crippen LogP) is 13.1. The van der Waals surface area contributed by atoms with Gasteiger partial charge in [-0.1, -0.05) is 109 Å². The molecule has 0 unspecified atom stereocenters. The SMILES string of the molecule is c1ccc(-n2c3ccccc3c3c4c5cccnc5sc4c4c(c5ccccc5n4-c4ccc5c6ccccc6c6ccccc6c5c4)c32)cc1. The van der Waals surface area contributed by atoms with Crippen LogP contribution in [0.5, 0.6) is 0 Å². The highest BCUT2D eigenvalue weighted by Crippen LogP contribution is 2.51. The van der Waals surface area contributed by atoms with Crippen LogP contribution in [0.1, 0.15) is 0 Å². The number of hydrogen-bond donors (Lipinski definition) is 0. The maximum atomic E-state index is 4.94. The molecule has 0 N–H and O–H groups in total. The monoisotopic (exact) mass is 665 g/mol. The van der Waals surface area contributed by atoms with Crippen LogP contribution in [-0.2, 0) is 0 Å². The Labute approximate surface area is 295 Å². The highest BCUT2D eigenvalue weighted by molar-refractivity contribution is 7.26. The number of fused-ring (bicyclic) bond motifs is 18. The fraction of sp³-hybridized carbons (Fsp3) is 0. The Morgan fingerprint density at radius 1 is 0.373 bits per heavy atom. The summed E-state index contributed by atoms with van der Waals surface area (Å²) in [6.45, 7) is 0.